The quantitative estimate of drug-likeness (QED) is 0.262. The summed E-state index contributed by atoms with van der Waals surface area (Å²) < 4.78 is 1.13. The van der Waals surface area contributed by atoms with E-state index in [4.69, 9.17) is 0 Å². The van der Waals surface area contributed by atoms with Crippen LogP contribution in [0.3, 0.4) is 0 Å². The Morgan fingerprint density at radius 2 is 1.08 bits per heavy atom. The molecular formula is C24H15Br. The van der Waals surface area contributed by atoms with Gasteiger partial charge >= 0.3 is 0 Å². The number of fused-ring (bicyclic) bond motifs is 3. The fourth-order valence-electron chi connectivity index (χ4n) is 3.64. The molecule has 0 aliphatic carbocycles. The van der Waals surface area contributed by atoms with Gasteiger partial charge in [0.1, 0.15) is 0 Å². The summed E-state index contributed by atoms with van der Waals surface area (Å²) in [6, 6.07) is 32.7. The fourth-order valence-corrected chi connectivity index (χ4v) is 4.21. The van der Waals surface area contributed by atoms with E-state index in [1.807, 2.05) is 0 Å². The molecule has 0 nitrogen and oxygen atoms in total. The highest BCUT2D eigenvalue weighted by Gasteiger charge is 2.10. The van der Waals surface area contributed by atoms with E-state index in [1.165, 1.54) is 43.4 Å². The molecule has 0 bridgehead atoms. The molecule has 0 unspecified atom stereocenters. The van der Waals surface area contributed by atoms with E-state index >= 15 is 0 Å². The summed E-state index contributed by atoms with van der Waals surface area (Å²) >= 11 is 3.76. The lowest BCUT2D eigenvalue weighted by atomic mass is 9.94. The second-order valence-electron chi connectivity index (χ2n) is 6.41. The third-order valence-electron chi connectivity index (χ3n) is 4.85. The first-order valence-electron chi connectivity index (χ1n) is 8.40. The summed E-state index contributed by atoms with van der Waals surface area (Å²) in [5, 5.41) is 7.68. The van der Waals surface area contributed by atoms with Gasteiger partial charge in [-0.1, -0.05) is 76.6 Å². The average Bonchev–Trinajstić information content (AvgIpc) is 2.65. The van der Waals surface area contributed by atoms with Crippen LogP contribution in [-0.4, -0.2) is 0 Å². The third kappa shape index (κ3) is 2.43. The zero-order chi connectivity index (χ0) is 16.8. The lowest BCUT2D eigenvalue weighted by Gasteiger charge is -2.12. The summed E-state index contributed by atoms with van der Waals surface area (Å²) in [5.74, 6) is 0. The predicted molar refractivity (Wildman–Crippen MR) is 112 cm³/mol. The average molecular weight is 383 g/mol. The molecule has 0 saturated carbocycles. The van der Waals surface area contributed by atoms with E-state index in [0.717, 1.165) is 4.47 Å². The van der Waals surface area contributed by atoms with Crippen molar-refractivity contribution in [1.82, 2.24) is 0 Å². The first-order valence-corrected chi connectivity index (χ1v) is 9.19. The zero-order valence-electron chi connectivity index (χ0n) is 13.5. The molecule has 1 heteroatoms. The van der Waals surface area contributed by atoms with E-state index in [2.05, 4.69) is 107 Å². The van der Waals surface area contributed by atoms with Gasteiger partial charge in [-0.3, -0.25) is 0 Å². The second kappa shape index (κ2) is 5.72. The molecule has 0 atom stereocenters. The van der Waals surface area contributed by atoms with Crippen molar-refractivity contribution in [2.75, 3.05) is 0 Å². The van der Waals surface area contributed by atoms with Crippen LogP contribution in [0.25, 0.3) is 43.4 Å². The van der Waals surface area contributed by atoms with Crippen LogP contribution in [0.15, 0.2) is 95.5 Å². The summed E-state index contributed by atoms with van der Waals surface area (Å²) in [5.41, 5.74) is 2.49. The van der Waals surface area contributed by atoms with Crippen molar-refractivity contribution < 1.29 is 0 Å². The Morgan fingerprint density at radius 1 is 0.480 bits per heavy atom. The molecule has 0 N–H and O–H groups in total. The third-order valence-corrected chi connectivity index (χ3v) is 5.51. The van der Waals surface area contributed by atoms with E-state index < -0.39 is 0 Å². The molecule has 0 radical (unpaired) electrons. The van der Waals surface area contributed by atoms with E-state index in [1.54, 1.807) is 0 Å². The molecule has 0 aliphatic heterocycles. The molecule has 25 heavy (non-hydrogen) atoms. The predicted octanol–water partition coefficient (Wildman–Crippen LogP) is 7.58. The maximum absolute atomic E-state index is 3.76. The Balaban J connectivity index is 1.90. The topological polar surface area (TPSA) is 0 Å². The normalized spacial score (nSPS) is 11.4. The second-order valence-corrected chi connectivity index (χ2v) is 7.26. The summed E-state index contributed by atoms with van der Waals surface area (Å²) in [6.45, 7) is 0. The first-order chi connectivity index (χ1) is 12.3. The maximum Gasteiger partial charge on any atom is 0.0260 e. The first kappa shape index (κ1) is 14.7. The van der Waals surface area contributed by atoms with Crippen LogP contribution >= 0.6 is 15.9 Å². The van der Waals surface area contributed by atoms with Crippen LogP contribution in [0.2, 0.25) is 0 Å². The van der Waals surface area contributed by atoms with Crippen molar-refractivity contribution >= 4 is 48.2 Å². The molecular weight excluding hydrogens is 368 g/mol. The molecule has 118 valence electrons. The zero-order valence-corrected chi connectivity index (χ0v) is 15.1. The smallest absolute Gasteiger partial charge is 0.0260 e. The highest BCUT2D eigenvalue weighted by molar-refractivity contribution is 9.10. The Kier molecular flexibility index (Phi) is 3.36. The van der Waals surface area contributed by atoms with Gasteiger partial charge in [0, 0.05) is 10.0 Å². The van der Waals surface area contributed by atoms with Gasteiger partial charge in [0.15, 0.2) is 0 Å². The van der Waals surface area contributed by atoms with Crippen molar-refractivity contribution in [2.24, 2.45) is 0 Å². The lowest BCUT2D eigenvalue weighted by molar-refractivity contribution is 1.63. The Hall–Kier alpha value is -2.64. The van der Waals surface area contributed by atoms with Crippen molar-refractivity contribution in [3.63, 3.8) is 0 Å². The SMILES string of the molecule is Brc1ccc2cc3cc4ccccc4cc3cc2c1-c1ccccc1. The summed E-state index contributed by atoms with van der Waals surface area (Å²) in [4.78, 5) is 0. The molecule has 0 fully saturated rings. The number of rotatable bonds is 1. The van der Waals surface area contributed by atoms with Crippen molar-refractivity contribution in [3.8, 4) is 11.1 Å². The highest BCUT2D eigenvalue weighted by Crippen LogP contribution is 2.37. The molecule has 5 aromatic carbocycles. The minimum Gasteiger partial charge on any atom is -0.0622 e. The van der Waals surface area contributed by atoms with Gasteiger partial charge < -0.3 is 0 Å². The fraction of sp³-hybridized carbons (Fsp3) is 0. The molecule has 0 saturated heterocycles. The minimum atomic E-state index is 1.13. The molecule has 0 amide bonds. The van der Waals surface area contributed by atoms with Crippen LogP contribution in [0, 0.1) is 0 Å². The van der Waals surface area contributed by atoms with Gasteiger partial charge in [0.05, 0.1) is 0 Å². The number of halogens is 1. The van der Waals surface area contributed by atoms with E-state index in [9.17, 15) is 0 Å². The van der Waals surface area contributed by atoms with Crippen molar-refractivity contribution in [2.45, 2.75) is 0 Å². The van der Waals surface area contributed by atoms with E-state index in [0.29, 0.717) is 0 Å². The standard InChI is InChI=1S/C24H15Br/c25-23-11-10-19-14-20-12-17-8-4-5-9-18(17)13-21(20)15-22(19)24(23)16-6-2-1-3-7-16/h1-15H. The van der Waals surface area contributed by atoms with Crippen LogP contribution in [0.5, 0.6) is 0 Å². The number of hydrogen-bond acceptors (Lipinski definition) is 0. The molecule has 0 aliphatic rings. The van der Waals surface area contributed by atoms with Crippen LogP contribution in [-0.2, 0) is 0 Å². The summed E-state index contributed by atoms with van der Waals surface area (Å²) in [7, 11) is 0. The molecule has 0 heterocycles. The van der Waals surface area contributed by atoms with Gasteiger partial charge in [0.25, 0.3) is 0 Å². The molecule has 5 aromatic rings. The monoisotopic (exact) mass is 382 g/mol. The van der Waals surface area contributed by atoms with Gasteiger partial charge in [0.2, 0.25) is 0 Å². The van der Waals surface area contributed by atoms with Gasteiger partial charge in [-0.15, -0.1) is 0 Å². The largest absolute Gasteiger partial charge is 0.0622 e. The molecule has 0 aromatic heterocycles. The Morgan fingerprint density at radius 3 is 1.80 bits per heavy atom. The lowest BCUT2D eigenvalue weighted by Crippen LogP contribution is -1.85. The van der Waals surface area contributed by atoms with Crippen molar-refractivity contribution in [1.29, 1.82) is 0 Å². The van der Waals surface area contributed by atoms with Gasteiger partial charge in [-0.2, -0.15) is 0 Å². The van der Waals surface area contributed by atoms with Gasteiger partial charge in [-0.05, 0) is 68.2 Å². The maximum atomic E-state index is 3.76. The molecule has 0 spiro atoms. The number of hydrogen-bond donors (Lipinski definition) is 0. The number of benzene rings is 5. The Bertz CT molecular complexity index is 1240. The summed E-state index contributed by atoms with van der Waals surface area (Å²) in [6.07, 6.45) is 0. The minimum absolute atomic E-state index is 1.13. The van der Waals surface area contributed by atoms with E-state index in [-0.39, 0.29) is 0 Å². The van der Waals surface area contributed by atoms with Crippen LogP contribution in [0.4, 0.5) is 0 Å². The van der Waals surface area contributed by atoms with Crippen molar-refractivity contribution in [3.05, 3.63) is 95.5 Å². The molecule has 5 rings (SSSR count). The highest BCUT2D eigenvalue weighted by atomic mass is 79.9. The Labute approximate surface area is 154 Å². The van der Waals surface area contributed by atoms with Gasteiger partial charge in [-0.25, -0.2) is 0 Å². The van der Waals surface area contributed by atoms with Crippen LogP contribution in [0.1, 0.15) is 0 Å². The van der Waals surface area contributed by atoms with Crippen LogP contribution < -0.4 is 0 Å².